The smallest absolute Gasteiger partial charge is 0.408 e. The minimum atomic E-state index is -0.612. The van der Waals surface area contributed by atoms with Gasteiger partial charge in [0.1, 0.15) is 11.6 Å². The van der Waals surface area contributed by atoms with E-state index >= 15 is 0 Å². The van der Waals surface area contributed by atoms with Gasteiger partial charge in [-0.05, 0) is 52.2 Å². The van der Waals surface area contributed by atoms with E-state index in [1.807, 2.05) is 13.0 Å². The van der Waals surface area contributed by atoms with Crippen LogP contribution < -0.4 is 10.6 Å². The number of ether oxygens (including phenoxy) is 1. The molecule has 1 aliphatic carbocycles. The molecule has 0 bridgehead atoms. The largest absolute Gasteiger partial charge is 0.444 e. The Morgan fingerprint density at radius 1 is 1.28 bits per heavy atom. The first kappa shape index (κ1) is 19.2. The van der Waals surface area contributed by atoms with Crippen LogP contribution in [0, 0.1) is 12.8 Å². The van der Waals surface area contributed by atoms with E-state index in [0.29, 0.717) is 18.0 Å². The van der Waals surface area contributed by atoms with Crippen molar-refractivity contribution in [1.82, 2.24) is 10.3 Å². The highest BCUT2D eigenvalue weighted by atomic mass is 16.6. The molecule has 1 aromatic rings. The van der Waals surface area contributed by atoms with Crippen LogP contribution in [-0.4, -0.2) is 28.6 Å². The molecule has 0 aromatic carbocycles. The lowest BCUT2D eigenvalue weighted by molar-refractivity contribution is -0.118. The molecule has 1 atom stereocenters. The standard InChI is InChI=1S/C19H29N3O3/c1-13-9-10-15(12-20-13)21-17(23)16(11-14-7-5-6-8-14)22-18(24)25-19(2,3)4/h9-10,12,14,16H,5-8,11H2,1-4H3,(H,21,23)(H,22,24)/t16-/m0/s1. The normalized spacial score (nSPS) is 16.3. The third-order valence-electron chi connectivity index (χ3n) is 4.23. The molecule has 2 rings (SSSR count). The molecule has 0 unspecified atom stereocenters. The Kier molecular flexibility index (Phi) is 6.39. The van der Waals surface area contributed by atoms with Crippen molar-refractivity contribution in [2.24, 2.45) is 5.92 Å². The molecule has 1 aromatic heterocycles. The summed E-state index contributed by atoms with van der Waals surface area (Å²) in [5.74, 6) is 0.227. The van der Waals surface area contributed by atoms with E-state index in [2.05, 4.69) is 15.6 Å². The van der Waals surface area contributed by atoms with Gasteiger partial charge in [0.2, 0.25) is 5.91 Å². The highest BCUT2D eigenvalue weighted by Gasteiger charge is 2.28. The molecule has 0 saturated heterocycles. The number of carbonyl (C=O) groups excluding carboxylic acids is 2. The van der Waals surface area contributed by atoms with Crippen molar-refractivity contribution in [3.05, 3.63) is 24.0 Å². The molecule has 1 heterocycles. The Bertz CT molecular complexity index is 587. The minimum Gasteiger partial charge on any atom is -0.444 e. The average molecular weight is 347 g/mol. The van der Waals surface area contributed by atoms with E-state index in [9.17, 15) is 9.59 Å². The number of hydrogen-bond acceptors (Lipinski definition) is 4. The molecule has 1 aliphatic rings. The van der Waals surface area contributed by atoms with Crippen LogP contribution in [0.4, 0.5) is 10.5 Å². The van der Waals surface area contributed by atoms with Crippen LogP contribution in [-0.2, 0) is 9.53 Å². The Morgan fingerprint density at radius 3 is 2.52 bits per heavy atom. The number of aryl methyl sites for hydroxylation is 1. The number of nitrogens with one attached hydrogen (secondary N) is 2. The van der Waals surface area contributed by atoms with Gasteiger partial charge in [0.25, 0.3) is 0 Å². The Balaban J connectivity index is 2.02. The molecule has 2 N–H and O–H groups in total. The molecule has 25 heavy (non-hydrogen) atoms. The number of hydrogen-bond donors (Lipinski definition) is 2. The number of anilines is 1. The van der Waals surface area contributed by atoms with E-state index in [0.717, 1.165) is 18.5 Å². The number of nitrogens with zero attached hydrogens (tertiary/aromatic N) is 1. The van der Waals surface area contributed by atoms with Gasteiger partial charge in [0, 0.05) is 5.69 Å². The monoisotopic (exact) mass is 347 g/mol. The maximum absolute atomic E-state index is 12.7. The van der Waals surface area contributed by atoms with Crippen molar-refractivity contribution in [2.45, 2.75) is 71.4 Å². The van der Waals surface area contributed by atoms with Crippen LogP contribution in [0.2, 0.25) is 0 Å². The van der Waals surface area contributed by atoms with Gasteiger partial charge in [0.15, 0.2) is 0 Å². The molecule has 138 valence electrons. The number of pyridine rings is 1. The second-order valence-electron chi connectivity index (χ2n) is 7.76. The summed E-state index contributed by atoms with van der Waals surface area (Å²) >= 11 is 0. The summed E-state index contributed by atoms with van der Waals surface area (Å²) in [5.41, 5.74) is 0.907. The predicted molar refractivity (Wildman–Crippen MR) is 97.3 cm³/mol. The average Bonchev–Trinajstić information content (AvgIpc) is 3.00. The Labute approximate surface area is 149 Å². The van der Waals surface area contributed by atoms with E-state index in [4.69, 9.17) is 4.74 Å². The third kappa shape index (κ3) is 6.72. The zero-order valence-corrected chi connectivity index (χ0v) is 15.6. The Hall–Kier alpha value is -2.11. The lowest BCUT2D eigenvalue weighted by Crippen LogP contribution is -2.46. The van der Waals surface area contributed by atoms with Crippen molar-refractivity contribution >= 4 is 17.7 Å². The van der Waals surface area contributed by atoms with Crippen LogP contribution in [0.25, 0.3) is 0 Å². The summed E-state index contributed by atoms with van der Waals surface area (Å²) in [6, 6.07) is 3.03. The predicted octanol–water partition coefficient (Wildman–Crippen LogP) is 3.80. The van der Waals surface area contributed by atoms with Gasteiger partial charge in [-0.2, -0.15) is 0 Å². The number of aromatic nitrogens is 1. The van der Waals surface area contributed by atoms with Crippen LogP contribution >= 0.6 is 0 Å². The molecule has 6 nitrogen and oxygen atoms in total. The van der Waals surface area contributed by atoms with E-state index in [1.165, 1.54) is 12.8 Å². The summed E-state index contributed by atoms with van der Waals surface area (Å²) in [5, 5.41) is 5.58. The fourth-order valence-corrected chi connectivity index (χ4v) is 3.03. The summed E-state index contributed by atoms with van der Waals surface area (Å²) < 4.78 is 5.31. The van der Waals surface area contributed by atoms with Gasteiger partial charge in [-0.15, -0.1) is 0 Å². The fourth-order valence-electron chi connectivity index (χ4n) is 3.03. The fraction of sp³-hybridized carbons (Fsp3) is 0.632. The summed E-state index contributed by atoms with van der Waals surface area (Å²) in [6.45, 7) is 7.29. The van der Waals surface area contributed by atoms with E-state index < -0.39 is 17.7 Å². The van der Waals surface area contributed by atoms with Gasteiger partial charge in [-0.3, -0.25) is 9.78 Å². The van der Waals surface area contributed by atoms with Gasteiger partial charge in [0.05, 0.1) is 11.9 Å². The van der Waals surface area contributed by atoms with Crippen LogP contribution in [0.15, 0.2) is 18.3 Å². The van der Waals surface area contributed by atoms with E-state index in [-0.39, 0.29) is 5.91 Å². The highest BCUT2D eigenvalue weighted by molar-refractivity contribution is 5.96. The van der Waals surface area contributed by atoms with Crippen molar-refractivity contribution < 1.29 is 14.3 Å². The molecule has 1 fully saturated rings. The van der Waals surface area contributed by atoms with Crippen LogP contribution in [0.3, 0.4) is 0 Å². The Morgan fingerprint density at radius 2 is 1.96 bits per heavy atom. The minimum absolute atomic E-state index is 0.233. The SMILES string of the molecule is Cc1ccc(NC(=O)[C@H](CC2CCCC2)NC(=O)OC(C)(C)C)cn1. The van der Waals surface area contributed by atoms with Crippen LogP contribution in [0.1, 0.15) is 58.6 Å². The molecule has 1 saturated carbocycles. The van der Waals surface area contributed by atoms with Crippen molar-refractivity contribution in [2.75, 3.05) is 5.32 Å². The molecule has 2 amide bonds. The zero-order valence-electron chi connectivity index (χ0n) is 15.6. The molecule has 0 radical (unpaired) electrons. The topological polar surface area (TPSA) is 80.3 Å². The third-order valence-corrected chi connectivity index (χ3v) is 4.23. The number of carbonyl (C=O) groups is 2. The molecule has 0 aliphatic heterocycles. The molecular weight excluding hydrogens is 318 g/mol. The van der Waals surface area contributed by atoms with Crippen LogP contribution in [0.5, 0.6) is 0 Å². The summed E-state index contributed by atoms with van der Waals surface area (Å²) in [7, 11) is 0. The molecule has 6 heteroatoms. The van der Waals surface area contributed by atoms with Crippen molar-refractivity contribution in [3.63, 3.8) is 0 Å². The zero-order chi connectivity index (χ0) is 18.4. The second kappa shape index (κ2) is 8.32. The summed E-state index contributed by atoms with van der Waals surface area (Å²) in [6.07, 6.45) is 6.27. The van der Waals surface area contributed by atoms with E-state index in [1.54, 1.807) is 33.0 Å². The number of rotatable bonds is 5. The number of amides is 2. The van der Waals surface area contributed by atoms with Crippen molar-refractivity contribution in [1.29, 1.82) is 0 Å². The van der Waals surface area contributed by atoms with Gasteiger partial charge in [-0.1, -0.05) is 25.7 Å². The maximum Gasteiger partial charge on any atom is 0.408 e. The van der Waals surface area contributed by atoms with Gasteiger partial charge < -0.3 is 15.4 Å². The molecular formula is C19H29N3O3. The maximum atomic E-state index is 12.7. The lowest BCUT2D eigenvalue weighted by Gasteiger charge is -2.24. The highest BCUT2D eigenvalue weighted by Crippen LogP contribution is 2.29. The van der Waals surface area contributed by atoms with Gasteiger partial charge >= 0.3 is 6.09 Å². The molecule has 0 spiro atoms. The first-order valence-electron chi connectivity index (χ1n) is 8.96. The second-order valence-corrected chi connectivity index (χ2v) is 7.76. The van der Waals surface area contributed by atoms with Gasteiger partial charge in [-0.25, -0.2) is 4.79 Å². The summed E-state index contributed by atoms with van der Waals surface area (Å²) in [4.78, 5) is 29.0. The first-order valence-corrected chi connectivity index (χ1v) is 8.96. The number of alkyl carbamates (subject to hydrolysis) is 1. The quantitative estimate of drug-likeness (QED) is 0.849. The van der Waals surface area contributed by atoms with Crippen molar-refractivity contribution in [3.8, 4) is 0 Å². The first-order chi connectivity index (χ1) is 11.7. The lowest BCUT2D eigenvalue weighted by atomic mass is 9.98.